The number of aliphatic imine (C=N–C) groups is 1. The number of ether oxygens (including phenoxy) is 3. The Morgan fingerprint density at radius 3 is 2.57 bits per heavy atom. The summed E-state index contributed by atoms with van der Waals surface area (Å²) in [5.41, 5.74) is 3.38. The number of benzene rings is 2. The van der Waals surface area contributed by atoms with E-state index in [0.29, 0.717) is 25.7 Å². The maximum atomic E-state index is 5.78. The Labute approximate surface area is 194 Å². The van der Waals surface area contributed by atoms with Gasteiger partial charge < -0.3 is 29.7 Å². The van der Waals surface area contributed by atoms with E-state index in [1.807, 2.05) is 18.2 Å². The number of hydrogen-bond acceptors (Lipinski definition) is 5. The van der Waals surface area contributed by atoms with Crippen LogP contribution in [0.5, 0.6) is 11.5 Å². The molecule has 2 heterocycles. The molecule has 0 atom stereocenters. The van der Waals surface area contributed by atoms with Crippen LogP contribution in [0.25, 0.3) is 0 Å². The highest BCUT2D eigenvalue weighted by Gasteiger charge is 2.15. The molecule has 0 bridgehead atoms. The van der Waals surface area contributed by atoms with Gasteiger partial charge in [0.25, 0.3) is 0 Å². The largest absolute Gasteiger partial charge is 0.490 e. The molecule has 2 aromatic carbocycles. The summed E-state index contributed by atoms with van der Waals surface area (Å²) in [6, 6.07) is 14.3. The molecule has 4 rings (SSSR count). The first-order valence-electron chi connectivity index (χ1n) is 10.1. The fourth-order valence-electron chi connectivity index (χ4n) is 3.51. The number of guanidine groups is 1. The second-order valence-corrected chi connectivity index (χ2v) is 6.99. The van der Waals surface area contributed by atoms with Crippen LogP contribution < -0.4 is 25.0 Å². The average molecular weight is 524 g/mol. The van der Waals surface area contributed by atoms with Crippen LogP contribution in [0.1, 0.15) is 12.0 Å². The fraction of sp³-hybridized carbons (Fsp3) is 0.409. The van der Waals surface area contributed by atoms with Crippen molar-refractivity contribution in [1.82, 2.24) is 5.32 Å². The SMILES string of the molecule is CN=C(NCc1ccccc1N1CCOCC1)Nc1ccc2c(c1)OCCCO2.I. The van der Waals surface area contributed by atoms with Crippen molar-refractivity contribution in [1.29, 1.82) is 0 Å². The molecule has 0 saturated carbocycles. The first kappa shape index (κ1) is 22.5. The number of fused-ring (bicyclic) bond motifs is 1. The molecule has 30 heavy (non-hydrogen) atoms. The van der Waals surface area contributed by atoms with Gasteiger partial charge in [0.15, 0.2) is 17.5 Å². The Bertz CT molecular complexity index is 856. The summed E-state index contributed by atoms with van der Waals surface area (Å²) in [6.45, 7) is 5.41. The van der Waals surface area contributed by atoms with Gasteiger partial charge in [-0.1, -0.05) is 18.2 Å². The van der Waals surface area contributed by atoms with E-state index in [2.05, 4.69) is 44.8 Å². The molecule has 0 aliphatic carbocycles. The number of morpholine rings is 1. The van der Waals surface area contributed by atoms with Crippen molar-refractivity contribution in [3.05, 3.63) is 48.0 Å². The van der Waals surface area contributed by atoms with Gasteiger partial charge in [-0.3, -0.25) is 4.99 Å². The Morgan fingerprint density at radius 1 is 1.00 bits per heavy atom. The summed E-state index contributed by atoms with van der Waals surface area (Å²) in [4.78, 5) is 6.74. The van der Waals surface area contributed by atoms with Crippen molar-refractivity contribution in [2.24, 2.45) is 4.99 Å². The summed E-state index contributed by atoms with van der Waals surface area (Å²) in [5, 5.41) is 6.75. The van der Waals surface area contributed by atoms with Gasteiger partial charge in [0.1, 0.15) is 0 Å². The zero-order chi connectivity index (χ0) is 19.9. The minimum atomic E-state index is 0. The van der Waals surface area contributed by atoms with Gasteiger partial charge >= 0.3 is 0 Å². The lowest BCUT2D eigenvalue weighted by Crippen LogP contribution is -2.37. The monoisotopic (exact) mass is 524 g/mol. The Hall–Kier alpha value is -2.20. The number of anilines is 2. The number of hydrogen-bond donors (Lipinski definition) is 2. The lowest BCUT2D eigenvalue weighted by atomic mass is 10.1. The Balaban J connectivity index is 0.00000256. The molecule has 2 aromatic rings. The van der Waals surface area contributed by atoms with Crippen molar-refractivity contribution >= 4 is 41.3 Å². The van der Waals surface area contributed by atoms with E-state index in [9.17, 15) is 0 Å². The third-order valence-electron chi connectivity index (χ3n) is 5.02. The third-order valence-corrected chi connectivity index (χ3v) is 5.02. The molecule has 0 spiro atoms. The topological polar surface area (TPSA) is 67.4 Å². The molecular weight excluding hydrogens is 495 g/mol. The van der Waals surface area contributed by atoms with Crippen molar-refractivity contribution in [2.45, 2.75) is 13.0 Å². The van der Waals surface area contributed by atoms with E-state index in [4.69, 9.17) is 14.2 Å². The van der Waals surface area contributed by atoms with E-state index in [-0.39, 0.29) is 24.0 Å². The normalized spacial score (nSPS) is 16.3. The average Bonchev–Trinajstić information content (AvgIpc) is 3.02. The number of para-hydroxylation sites is 1. The fourth-order valence-corrected chi connectivity index (χ4v) is 3.51. The van der Waals surface area contributed by atoms with Crippen LogP contribution in [-0.4, -0.2) is 52.5 Å². The maximum Gasteiger partial charge on any atom is 0.195 e. The predicted octanol–water partition coefficient (Wildman–Crippen LogP) is 3.49. The van der Waals surface area contributed by atoms with Crippen molar-refractivity contribution < 1.29 is 14.2 Å². The van der Waals surface area contributed by atoms with Gasteiger partial charge in [-0.05, 0) is 23.8 Å². The number of nitrogens with zero attached hydrogens (tertiary/aromatic N) is 2. The first-order valence-corrected chi connectivity index (χ1v) is 10.1. The van der Waals surface area contributed by atoms with E-state index in [1.165, 1.54) is 11.3 Å². The molecule has 0 radical (unpaired) electrons. The highest BCUT2D eigenvalue weighted by Crippen LogP contribution is 2.32. The molecule has 0 amide bonds. The van der Waals surface area contributed by atoms with Crippen LogP contribution in [0.4, 0.5) is 11.4 Å². The van der Waals surface area contributed by atoms with Gasteiger partial charge in [-0.15, -0.1) is 24.0 Å². The summed E-state index contributed by atoms with van der Waals surface area (Å²) >= 11 is 0. The van der Waals surface area contributed by atoms with E-state index >= 15 is 0 Å². The van der Waals surface area contributed by atoms with Gasteiger partial charge in [0.2, 0.25) is 0 Å². The molecule has 1 saturated heterocycles. The molecule has 162 valence electrons. The molecule has 7 nitrogen and oxygen atoms in total. The first-order chi connectivity index (χ1) is 14.3. The van der Waals surface area contributed by atoms with E-state index in [0.717, 1.165) is 49.9 Å². The maximum absolute atomic E-state index is 5.78. The summed E-state index contributed by atoms with van der Waals surface area (Å²) < 4.78 is 17.0. The van der Waals surface area contributed by atoms with Crippen LogP contribution in [0.2, 0.25) is 0 Å². The molecular formula is C22H29IN4O3. The zero-order valence-corrected chi connectivity index (χ0v) is 19.6. The lowest BCUT2D eigenvalue weighted by molar-refractivity contribution is 0.122. The second-order valence-electron chi connectivity index (χ2n) is 6.99. The predicted molar refractivity (Wildman–Crippen MR) is 131 cm³/mol. The minimum Gasteiger partial charge on any atom is -0.490 e. The third kappa shape index (κ3) is 5.69. The minimum absolute atomic E-state index is 0. The zero-order valence-electron chi connectivity index (χ0n) is 17.2. The summed E-state index contributed by atoms with van der Waals surface area (Å²) in [6.07, 6.45) is 0.892. The highest BCUT2D eigenvalue weighted by atomic mass is 127. The Kier molecular flexibility index (Phi) is 8.44. The Morgan fingerprint density at radius 2 is 1.77 bits per heavy atom. The van der Waals surface area contributed by atoms with Gasteiger partial charge in [-0.25, -0.2) is 0 Å². The number of rotatable bonds is 4. The van der Waals surface area contributed by atoms with Gasteiger partial charge in [-0.2, -0.15) is 0 Å². The van der Waals surface area contributed by atoms with Gasteiger partial charge in [0, 0.05) is 50.5 Å². The molecule has 8 heteroatoms. The summed E-state index contributed by atoms with van der Waals surface area (Å²) in [5.74, 6) is 2.26. The van der Waals surface area contributed by atoms with Crippen molar-refractivity contribution in [3.63, 3.8) is 0 Å². The van der Waals surface area contributed by atoms with E-state index in [1.54, 1.807) is 7.05 Å². The molecule has 1 fully saturated rings. The molecule has 2 aliphatic heterocycles. The molecule has 2 aliphatic rings. The van der Waals surface area contributed by atoms with Gasteiger partial charge in [0.05, 0.1) is 26.4 Å². The number of nitrogens with one attached hydrogen (secondary N) is 2. The molecule has 0 aromatic heterocycles. The van der Waals surface area contributed by atoms with E-state index < -0.39 is 0 Å². The molecule has 2 N–H and O–H groups in total. The quantitative estimate of drug-likeness (QED) is 0.363. The van der Waals surface area contributed by atoms with Crippen LogP contribution >= 0.6 is 24.0 Å². The number of halogens is 1. The van der Waals surface area contributed by atoms with Crippen LogP contribution in [0.15, 0.2) is 47.5 Å². The van der Waals surface area contributed by atoms with Crippen molar-refractivity contribution in [3.8, 4) is 11.5 Å². The van der Waals surface area contributed by atoms with Crippen LogP contribution in [-0.2, 0) is 11.3 Å². The second kappa shape index (κ2) is 11.3. The van der Waals surface area contributed by atoms with Crippen molar-refractivity contribution in [2.75, 3.05) is 56.8 Å². The summed E-state index contributed by atoms with van der Waals surface area (Å²) in [7, 11) is 1.77. The van der Waals surface area contributed by atoms with Crippen LogP contribution in [0, 0.1) is 0 Å². The standard InChI is InChI=1S/C22H28N4O3.HI/c1-23-22(25-18-7-8-20-21(15-18)29-12-4-11-28-20)24-16-17-5-2-3-6-19(17)26-9-13-27-14-10-26;/h2-3,5-8,15H,4,9-14,16H2,1H3,(H2,23,24,25);1H. The van der Waals surface area contributed by atoms with Crippen LogP contribution in [0.3, 0.4) is 0 Å². The lowest BCUT2D eigenvalue weighted by Gasteiger charge is -2.30. The molecule has 0 unspecified atom stereocenters. The highest BCUT2D eigenvalue weighted by molar-refractivity contribution is 14.0. The smallest absolute Gasteiger partial charge is 0.195 e.